The van der Waals surface area contributed by atoms with Gasteiger partial charge in [-0.25, -0.2) is 14.2 Å². The van der Waals surface area contributed by atoms with E-state index in [1.165, 1.54) is 24.2 Å². The van der Waals surface area contributed by atoms with Gasteiger partial charge in [-0.1, -0.05) is 6.07 Å². The minimum Gasteiger partial charge on any atom is -0.494 e. The number of benzene rings is 1. The van der Waals surface area contributed by atoms with Crippen LogP contribution in [0.2, 0.25) is 0 Å². The maximum atomic E-state index is 13.0. The van der Waals surface area contributed by atoms with Crippen LogP contribution >= 0.6 is 7.82 Å². The van der Waals surface area contributed by atoms with Crippen LogP contribution in [0, 0.1) is 5.92 Å². The van der Waals surface area contributed by atoms with E-state index in [4.69, 9.17) is 18.6 Å². The van der Waals surface area contributed by atoms with Gasteiger partial charge in [0.05, 0.1) is 24.0 Å². The Kier molecular flexibility index (Phi) is 6.39. The molecule has 0 aliphatic heterocycles. The number of ether oxygens (including phenoxy) is 1. The molecule has 0 bridgehead atoms. The largest absolute Gasteiger partial charge is 0.494 e. The lowest BCUT2D eigenvalue weighted by atomic mass is 10.1. The molecule has 1 aromatic carbocycles. The van der Waals surface area contributed by atoms with Crippen LogP contribution in [-0.4, -0.2) is 60.2 Å². The summed E-state index contributed by atoms with van der Waals surface area (Å²) < 4.78 is 45.9. The van der Waals surface area contributed by atoms with E-state index < -0.39 is 39.0 Å². The lowest BCUT2D eigenvalue weighted by Crippen LogP contribution is -2.31. The van der Waals surface area contributed by atoms with E-state index >= 15 is 0 Å². The Morgan fingerprint density at radius 3 is 2.70 bits per heavy atom. The number of amides is 2. The molecule has 4 N–H and O–H groups in total. The van der Waals surface area contributed by atoms with Gasteiger partial charge in [-0.3, -0.25) is 18.8 Å². The maximum Gasteiger partial charge on any atom is 0.471 e. The summed E-state index contributed by atoms with van der Waals surface area (Å²) in [6, 6.07) is 6.16. The first-order valence-corrected chi connectivity index (χ1v) is 12.3. The van der Waals surface area contributed by atoms with E-state index in [0.717, 1.165) is 4.68 Å². The fraction of sp³-hybridized carbons (Fsp3) is 0.333. The third-order valence-electron chi connectivity index (χ3n) is 5.17. The fourth-order valence-corrected chi connectivity index (χ4v) is 3.57. The summed E-state index contributed by atoms with van der Waals surface area (Å²) in [7, 11) is -1.90. The number of hydrogen-bond acceptors (Lipinski definition) is 9. The van der Waals surface area contributed by atoms with Gasteiger partial charge in [0.2, 0.25) is 0 Å². The first kappa shape index (κ1) is 22.3. The van der Waals surface area contributed by atoms with Gasteiger partial charge in [-0.15, -0.1) is 0 Å². The molecular weight excluding hydrogens is 507 g/mol. The zero-order valence-electron chi connectivity index (χ0n) is 22.7. The number of methoxy groups -OCH3 is 1. The molecule has 0 spiro atoms. The number of hydrogen-bond donors (Lipinski definition) is 4. The summed E-state index contributed by atoms with van der Waals surface area (Å²) in [6.07, 6.45) is 2.76. The van der Waals surface area contributed by atoms with Gasteiger partial charge in [-0.2, -0.15) is 15.2 Å². The number of para-hydroxylation sites is 1. The Bertz CT molecular complexity index is 1560. The van der Waals surface area contributed by atoms with Crippen LogP contribution in [0.3, 0.4) is 0 Å². The van der Waals surface area contributed by atoms with Gasteiger partial charge in [0.25, 0.3) is 11.8 Å². The zero-order chi connectivity index (χ0) is 29.2. The number of aromatic nitrogens is 5. The van der Waals surface area contributed by atoms with Gasteiger partial charge >= 0.3 is 7.82 Å². The normalized spacial score (nSPS) is 15.5. The molecule has 3 aromatic rings. The third-order valence-corrected chi connectivity index (χ3v) is 5.62. The van der Waals surface area contributed by atoms with Crippen molar-refractivity contribution >= 4 is 31.0 Å². The van der Waals surface area contributed by atoms with Crippen LogP contribution in [0.4, 0.5) is 11.4 Å². The van der Waals surface area contributed by atoms with Crippen LogP contribution in [-0.2, 0) is 27.7 Å². The van der Waals surface area contributed by atoms with Gasteiger partial charge in [0.1, 0.15) is 6.33 Å². The standard InChI is InChI=1S/C21H25N8O7P/c1-22-21(31)17-15(24-14-6-4-5-13(18(14)35-3)19-23-10-28(2)27-19)9-16(25-20(30)12-7-8-12)29(26-17)11-36-37(32,33)34/h4-6,9-10,12,24H,7-8,11H2,1-3H3,(H,22,31)(H2,32,33,34)/b25-16+/i1D3. The molecule has 0 radical (unpaired) electrons. The highest BCUT2D eigenvalue weighted by Crippen LogP contribution is 2.37. The van der Waals surface area contributed by atoms with E-state index in [0.29, 0.717) is 29.9 Å². The number of nitrogens with one attached hydrogen (secondary N) is 2. The molecule has 1 aliphatic rings. The van der Waals surface area contributed by atoms with Gasteiger partial charge in [0, 0.05) is 30.1 Å². The molecule has 2 amide bonds. The molecule has 0 saturated heterocycles. The Labute approximate surface area is 214 Å². The molecule has 15 nitrogen and oxygen atoms in total. The van der Waals surface area contributed by atoms with E-state index in [-0.39, 0.29) is 22.8 Å². The predicted molar refractivity (Wildman–Crippen MR) is 128 cm³/mol. The van der Waals surface area contributed by atoms with Gasteiger partial charge < -0.3 is 25.2 Å². The van der Waals surface area contributed by atoms with Crippen molar-refractivity contribution in [3.8, 4) is 17.1 Å². The van der Waals surface area contributed by atoms with Crippen molar-refractivity contribution in [2.45, 2.75) is 19.6 Å². The molecular formula is C21H25N8O7P. The molecule has 1 fully saturated rings. The van der Waals surface area contributed by atoms with Crippen molar-refractivity contribution in [3.05, 3.63) is 41.8 Å². The van der Waals surface area contributed by atoms with Crippen LogP contribution in [0.5, 0.6) is 5.75 Å². The molecule has 196 valence electrons. The van der Waals surface area contributed by atoms with Crippen LogP contribution < -0.4 is 20.9 Å². The fourth-order valence-electron chi connectivity index (χ4n) is 3.31. The minimum absolute atomic E-state index is 0.0963. The zero-order valence-corrected chi connectivity index (χ0v) is 20.5. The second-order valence-corrected chi connectivity index (χ2v) is 9.18. The highest BCUT2D eigenvalue weighted by molar-refractivity contribution is 7.46. The smallest absolute Gasteiger partial charge is 0.471 e. The first-order valence-electron chi connectivity index (χ1n) is 12.3. The molecule has 4 rings (SSSR count). The molecule has 2 aromatic heterocycles. The number of phosphoric ester groups is 1. The SMILES string of the molecule is [2H]C([2H])([2H])NC(=O)c1nn(COP(=O)(O)O)/c(=N/C(=O)C2CC2)cc1Nc1cccc(-c2ncn(C)n2)c1OC. The van der Waals surface area contributed by atoms with Crippen molar-refractivity contribution in [2.24, 2.45) is 18.0 Å². The number of aryl methyl sites for hydroxylation is 1. The number of phosphoric acid groups is 1. The topological polar surface area (TPSA) is 195 Å². The Hall–Kier alpha value is -3.91. The van der Waals surface area contributed by atoms with Crippen molar-refractivity contribution in [1.82, 2.24) is 29.9 Å². The first-order chi connectivity index (χ1) is 18.7. The summed E-state index contributed by atoms with van der Waals surface area (Å²) in [4.78, 5) is 52.0. The lowest BCUT2D eigenvalue weighted by Gasteiger charge is -2.17. The summed E-state index contributed by atoms with van der Waals surface area (Å²) in [5, 5.41) is 13.1. The van der Waals surface area contributed by atoms with Crippen LogP contribution in [0.1, 0.15) is 27.4 Å². The van der Waals surface area contributed by atoms with Crippen molar-refractivity contribution in [3.63, 3.8) is 0 Å². The van der Waals surface area contributed by atoms with E-state index in [9.17, 15) is 14.2 Å². The predicted octanol–water partition coefficient (Wildman–Crippen LogP) is 0.694. The molecule has 0 atom stereocenters. The average molecular weight is 535 g/mol. The highest BCUT2D eigenvalue weighted by Gasteiger charge is 2.30. The Morgan fingerprint density at radius 2 is 2.08 bits per heavy atom. The van der Waals surface area contributed by atoms with E-state index in [1.807, 2.05) is 5.32 Å². The Balaban J connectivity index is 1.87. The van der Waals surface area contributed by atoms with Crippen LogP contribution in [0.15, 0.2) is 35.6 Å². The average Bonchev–Trinajstić information content (AvgIpc) is 3.62. The number of rotatable bonds is 9. The number of nitrogens with zero attached hydrogens (tertiary/aromatic N) is 6. The summed E-state index contributed by atoms with van der Waals surface area (Å²) in [5.41, 5.74) is -0.0299. The monoisotopic (exact) mass is 535 g/mol. The summed E-state index contributed by atoms with van der Waals surface area (Å²) in [6.45, 7) is -3.80. The van der Waals surface area contributed by atoms with Crippen molar-refractivity contribution < 1.29 is 37.3 Å². The third kappa shape index (κ3) is 6.27. The quantitative estimate of drug-likeness (QED) is 0.282. The molecule has 2 heterocycles. The molecule has 1 saturated carbocycles. The van der Waals surface area contributed by atoms with Gasteiger partial charge in [-0.05, 0) is 25.0 Å². The second kappa shape index (κ2) is 10.6. The van der Waals surface area contributed by atoms with Crippen molar-refractivity contribution in [2.75, 3.05) is 19.4 Å². The number of carbonyl (C=O) groups is 2. The second-order valence-electron chi connectivity index (χ2n) is 7.94. The van der Waals surface area contributed by atoms with E-state index in [1.54, 1.807) is 25.2 Å². The molecule has 1 aliphatic carbocycles. The number of anilines is 2. The minimum atomic E-state index is -5.00. The van der Waals surface area contributed by atoms with Crippen molar-refractivity contribution in [1.29, 1.82) is 0 Å². The number of carbonyl (C=O) groups excluding carboxylic acids is 2. The summed E-state index contributed by atoms with van der Waals surface area (Å²) >= 11 is 0. The van der Waals surface area contributed by atoms with Crippen LogP contribution in [0.25, 0.3) is 11.4 Å². The molecule has 0 unspecified atom stereocenters. The maximum absolute atomic E-state index is 13.0. The molecule has 16 heteroatoms. The summed E-state index contributed by atoms with van der Waals surface area (Å²) in [5.74, 6) is -1.36. The highest BCUT2D eigenvalue weighted by atomic mass is 31.2. The molecule has 37 heavy (non-hydrogen) atoms. The van der Waals surface area contributed by atoms with Gasteiger partial charge in [0.15, 0.2) is 29.5 Å². The Morgan fingerprint density at radius 1 is 1.30 bits per heavy atom. The lowest BCUT2D eigenvalue weighted by molar-refractivity contribution is -0.119. The van der Waals surface area contributed by atoms with E-state index in [2.05, 4.69) is 30.0 Å².